The van der Waals surface area contributed by atoms with Crippen molar-refractivity contribution in [1.82, 2.24) is 4.90 Å². The molecule has 7 nitrogen and oxygen atoms in total. The minimum Gasteiger partial charge on any atom is -0.493 e. The summed E-state index contributed by atoms with van der Waals surface area (Å²) < 4.78 is 36.5. The lowest BCUT2D eigenvalue weighted by Gasteiger charge is -2.25. The molecule has 0 aliphatic carbocycles. The molecule has 0 saturated carbocycles. The summed E-state index contributed by atoms with van der Waals surface area (Å²) in [5.41, 5.74) is 1.50. The fourth-order valence-corrected chi connectivity index (χ4v) is 4.47. The Balaban J connectivity index is 1.58. The van der Waals surface area contributed by atoms with E-state index in [1.54, 1.807) is 18.2 Å². The molecule has 0 fully saturated rings. The monoisotopic (exact) mass is 489 g/mol. The van der Waals surface area contributed by atoms with E-state index in [2.05, 4.69) is 0 Å². The second-order valence-electron chi connectivity index (χ2n) is 8.39. The molecule has 0 saturated heterocycles. The molecule has 2 heterocycles. The second kappa shape index (κ2) is 9.83. The van der Waals surface area contributed by atoms with Crippen LogP contribution in [0.25, 0.3) is 11.0 Å². The van der Waals surface area contributed by atoms with Crippen molar-refractivity contribution >= 4 is 16.9 Å². The Hall–Kier alpha value is -4.17. The van der Waals surface area contributed by atoms with Crippen molar-refractivity contribution in [2.45, 2.75) is 12.6 Å². The molecule has 4 aromatic rings. The maximum atomic E-state index is 13.9. The molecule has 1 unspecified atom stereocenters. The zero-order chi connectivity index (χ0) is 25.2. The molecule has 3 aromatic carbocycles. The third-order valence-corrected chi connectivity index (χ3v) is 6.20. The largest absolute Gasteiger partial charge is 0.493 e. The van der Waals surface area contributed by atoms with Crippen molar-refractivity contribution in [3.05, 3.63) is 105 Å². The Kier molecular flexibility index (Phi) is 6.43. The van der Waals surface area contributed by atoms with Gasteiger partial charge in [-0.15, -0.1) is 0 Å². The maximum Gasteiger partial charge on any atom is 0.290 e. The Bertz CT molecular complexity index is 1480. The number of carbonyl (C=O) groups is 1. The maximum absolute atomic E-state index is 13.9. The molecule has 0 spiro atoms. The molecule has 36 heavy (non-hydrogen) atoms. The summed E-state index contributed by atoms with van der Waals surface area (Å²) in [6, 6.07) is 17.9. The van der Waals surface area contributed by atoms with E-state index in [9.17, 15) is 14.0 Å². The lowest BCUT2D eigenvalue weighted by molar-refractivity contribution is 0.0663. The van der Waals surface area contributed by atoms with E-state index >= 15 is 0 Å². The summed E-state index contributed by atoms with van der Waals surface area (Å²) in [6.45, 7) is 0.833. The summed E-state index contributed by atoms with van der Waals surface area (Å²) in [7, 11) is 3.06. The minimum absolute atomic E-state index is 0.0522. The highest BCUT2D eigenvalue weighted by Gasteiger charge is 2.42. The van der Waals surface area contributed by atoms with Crippen LogP contribution in [-0.2, 0) is 11.3 Å². The number of amides is 1. The van der Waals surface area contributed by atoms with E-state index in [1.165, 1.54) is 31.3 Å². The van der Waals surface area contributed by atoms with Crippen LogP contribution < -0.4 is 14.9 Å². The zero-order valence-corrected chi connectivity index (χ0v) is 19.8. The minimum atomic E-state index is -0.761. The molecule has 1 aliphatic rings. The van der Waals surface area contributed by atoms with Crippen LogP contribution in [-0.4, -0.2) is 38.2 Å². The lowest BCUT2D eigenvalue weighted by Crippen LogP contribution is -2.32. The van der Waals surface area contributed by atoms with E-state index in [4.69, 9.17) is 18.6 Å². The van der Waals surface area contributed by atoms with Crippen LogP contribution in [0.4, 0.5) is 4.39 Å². The molecule has 184 valence electrons. The number of hydrogen-bond donors (Lipinski definition) is 0. The van der Waals surface area contributed by atoms with Crippen LogP contribution in [0.3, 0.4) is 0 Å². The molecule has 0 N–H and O–H groups in total. The summed E-state index contributed by atoms with van der Waals surface area (Å²) in [5, 5.41) is 0.0786. The van der Waals surface area contributed by atoms with E-state index in [1.807, 2.05) is 30.3 Å². The third kappa shape index (κ3) is 4.20. The van der Waals surface area contributed by atoms with Crippen molar-refractivity contribution < 1.29 is 27.8 Å². The van der Waals surface area contributed by atoms with Gasteiger partial charge in [-0.05, 0) is 41.5 Å². The molecule has 1 aliphatic heterocycles. The highest BCUT2D eigenvalue weighted by atomic mass is 19.1. The van der Waals surface area contributed by atoms with Gasteiger partial charge in [0.05, 0.1) is 30.7 Å². The highest BCUT2D eigenvalue weighted by molar-refractivity contribution is 5.99. The average molecular weight is 489 g/mol. The third-order valence-electron chi connectivity index (χ3n) is 6.20. The second-order valence-corrected chi connectivity index (χ2v) is 8.39. The number of ether oxygens (including phenoxy) is 3. The highest BCUT2D eigenvalue weighted by Crippen LogP contribution is 2.41. The van der Waals surface area contributed by atoms with Crippen molar-refractivity contribution in [2.24, 2.45) is 0 Å². The molecule has 1 atom stereocenters. The van der Waals surface area contributed by atoms with Gasteiger partial charge in [0.1, 0.15) is 18.0 Å². The lowest BCUT2D eigenvalue weighted by atomic mass is 9.98. The number of fused-ring (bicyclic) bond motifs is 2. The quantitative estimate of drug-likeness (QED) is 0.357. The Labute approximate surface area is 206 Å². The van der Waals surface area contributed by atoms with Gasteiger partial charge < -0.3 is 23.5 Å². The number of methoxy groups -OCH3 is 2. The van der Waals surface area contributed by atoms with Crippen LogP contribution >= 0.6 is 0 Å². The first-order valence-corrected chi connectivity index (χ1v) is 11.4. The van der Waals surface area contributed by atoms with Crippen molar-refractivity contribution in [3.63, 3.8) is 0 Å². The molecular formula is C28H24FNO6. The van der Waals surface area contributed by atoms with Crippen LogP contribution in [0.5, 0.6) is 11.5 Å². The smallest absolute Gasteiger partial charge is 0.290 e. The number of nitrogens with zero attached hydrogens (tertiary/aromatic N) is 1. The molecule has 1 amide bonds. The van der Waals surface area contributed by atoms with Crippen molar-refractivity contribution in [2.75, 3.05) is 27.4 Å². The number of hydrogen-bond acceptors (Lipinski definition) is 6. The van der Waals surface area contributed by atoms with Gasteiger partial charge in [-0.2, -0.15) is 0 Å². The van der Waals surface area contributed by atoms with Gasteiger partial charge >= 0.3 is 0 Å². The van der Waals surface area contributed by atoms with Gasteiger partial charge in [0.2, 0.25) is 5.76 Å². The van der Waals surface area contributed by atoms with Crippen LogP contribution in [0, 0.1) is 5.82 Å². The molecule has 5 rings (SSSR count). The Morgan fingerprint density at radius 3 is 2.53 bits per heavy atom. The normalized spacial score (nSPS) is 14.8. The van der Waals surface area contributed by atoms with Gasteiger partial charge in [0, 0.05) is 13.7 Å². The fourth-order valence-electron chi connectivity index (χ4n) is 4.47. The first-order chi connectivity index (χ1) is 17.5. The van der Waals surface area contributed by atoms with E-state index in [0.29, 0.717) is 23.7 Å². The van der Waals surface area contributed by atoms with Gasteiger partial charge in [-0.3, -0.25) is 9.59 Å². The van der Waals surface area contributed by atoms with Crippen LogP contribution in [0.15, 0.2) is 75.9 Å². The van der Waals surface area contributed by atoms with E-state index in [0.717, 1.165) is 11.6 Å². The van der Waals surface area contributed by atoms with Gasteiger partial charge in [-0.25, -0.2) is 4.39 Å². The number of rotatable bonds is 8. The standard InChI is InChI=1S/C28H24FNO6/c1-33-13-12-30-25(24-26(31)20-15-19(29)9-11-21(20)36-27(24)28(30)32)18-8-10-22(23(14-18)34-2)35-16-17-6-4-3-5-7-17/h3-11,14-15,25H,12-13,16H2,1-2H3. The molecule has 1 aromatic heterocycles. The van der Waals surface area contributed by atoms with Gasteiger partial charge in [0.25, 0.3) is 5.91 Å². The number of benzene rings is 3. The van der Waals surface area contributed by atoms with Gasteiger partial charge in [0.15, 0.2) is 16.9 Å². The molecule has 8 heteroatoms. The Morgan fingerprint density at radius 2 is 1.78 bits per heavy atom. The van der Waals surface area contributed by atoms with Crippen molar-refractivity contribution in [3.8, 4) is 11.5 Å². The average Bonchev–Trinajstić information content (AvgIpc) is 3.18. The summed E-state index contributed by atoms with van der Waals surface area (Å²) >= 11 is 0. The fraction of sp³-hybridized carbons (Fsp3) is 0.214. The van der Waals surface area contributed by atoms with E-state index in [-0.39, 0.29) is 35.4 Å². The van der Waals surface area contributed by atoms with Crippen LogP contribution in [0.2, 0.25) is 0 Å². The predicted molar refractivity (Wildman–Crippen MR) is 131 cm³/mol. The first kappa shape index (κ1) is 23.6. The van der Waals surface area contributed by atoms with Crippen molar-refractivity contribution in [1.29, 1.82) is 0 Å². The first-order valence-electron chi connectivity index (χ1n) is 11.4. The topological polar surface area (TPSA) is 78.2 Å². The van der Waals surface area contributed by atoms with Gasteiger partial charge in [-0.1, -0.05) is 36.4 Å². The zero-order valence-electron chi connectivity index (χ0n) is 19.8. The van der Waals surface area contributed by atoms with Crippen LogP contribution in [0.1, 0.15) is 33.3 Å². The molecular weight excluding hydrogens is 465 g/mol. The molecule has 0 bridgehead atoms. The summed E-state index contributed by atoms with van der Waals surface area (Å²) in [5.74, 6) is -0.0753. The summed E-state index contributed by atoms with van der Waals surface area (Å²) in [6.07, 6.45) is 0. The Morgan fingerprint density at radius 1 is 0.972 bits per heavy atom. The molecule has 0 radical (unpaired) electrons. The van der Waals surface area contributed by atoms with E-state index < -0.39 is 23.2 Å². The predicted octanol–water partition coefficient (Wildman–Crippen LogP) is 4.71. The number of halogens is 1. The summed E-state index contributed by atoms with van der Waals surface area (Å²) in [4.78, 5) is 28.4. The number of carbonyl (C=O) groups excluding carboxylic acids is 1. The SMILES string of the molecule is COCCN1C(=O)c2oc3ccc(F)cc3c(=O)c2C1c1ccc(OCc2ccccc2)c(OC)c1.